The summed E-state index contributed by atoms with van der Waals surface area (Å²) in [5, 5.41) is 13.3. The SMILES string of the molecule is OCC(Cc1csc2ccccc12)C1CCCC1. The van der Waals surface area contributed by atoms with Crippen molar-refractivity contribution < 1.29 is 5.11 Å². The van der Waals surface area contributed by atoms with Gasteiger partial charge in [0, 0.05) is 11.3 Å². The zero-order chi connectivity index (χ0) is 12.4. The number of fused-ring (bicyclic) bond motifs is 1. The molecule has 0 spiro atoms. The Kier molecular flexibility index (Phi) is 3.67. The number of thiophene rings is 1. The molecule has 0 radical (unpaired) electrons. The van der Waals surface area contributed by atoms with Crippen LogP contribution >= 0.6 is 11.3 Å². The molecule has 1 unspecified atom stereocenters. The first kappa shape index (κ1) is 12.2. The molecule has 3 rings (SSSR count). The van der Waals surface area contributed by atoms with E-state index in [0.717, 1.165) is 12.3 Å². The monoisotopic (exact) mass is 260 g/mol. The summed E-state index contributed by atoms with van der Waals surface area (Å²) >= 11 is 1.83. The Morgan fingerprint density at radius 3 is 2.78 bits per heavy atom. The Labute approximate surface area is 112 Å². The molecule has 1 saturated carbocycles. The molecule has 96 valence electrons. The van der Waals surface area contributed by atoms with Crippen molar-refractivity contribution in [3.05, 3.63) is 35.2 Å². The molecular weight excluding hydrogens is 240 g/mol. The summed E-state index contributed by atoms with van der Waals surface area (Å²) < 4.78 is 1.37. The topological polar surface area (TPSA) is 20.2 Å². The number of hydrogen-bond donors (Lipinski definition) is 1. The van der Waals surface area contributed by atoms with Crippen LogP contribution in [0.5, 0.6) is 0 Å². The summed E-state index contributed by atoms with van der Waals surface area (Å²) in [6.07, 6.45) is 6.38. The van der Waals surface area contributed by atoms with Crippen molar-refractivity contribution >= 4 is 21.4 Å². The first-order chi connectivity index (χ1) is 8.88. The summed E-state index contributed by atoms with van der Waals surface area (Å²) in [6, 6.07) is 8.61. The van der Waals surface area contributed by atoms with E-state index in [4.69, 9.17) is 0 Å². The number of aliphatic hydroxyl groups is 1. The van der Waals surface area contributed by atoms with Crippen LogP contribution in [0.2, 0.25) is 0 Å². The highest BCUT2D eigenvalue weighted by atomic mass is 32.1. The molecule has 0 amide bonds. The molecule has 1 aromatic carbocycles. The van der Waals surface area contributed by atoms with Crippen molar-refractivity contribution in [3.63, 3.8) is 0 Å². The summed E-state index contributed by atoms with van der Waals surface area (Å²) in [5.74, 6) is 1.21. The second-order valence-corrected chi connectivity index (χ2v) is 6.36. The quantitative estimate of drug-likeness (QED) is 0.871. The summed E-state index contributed by atoms with van der Waals surface area (Å²) in [4.78, 5) is 0. The Balaban J connectivity index is 1.81. The molecule has 1 aliphatic rings. The lowest BCUT2D eigenvalue weighted by molar-refractivity contribution is 0.176. The fourth-order valence-electron chi connectivity index (χ4n) is 3.28. The molecule has 1 aliphatic carbocycles. The second-order valence-electron chi connectivity index (χ2n) is 5.45. The lowest BCUT2D eigenvalue weighted by atomic mass is 9.86. The summed E-state index contributed by atoms with van der Waals surface area (Å²) in [5.41, 5.74) is 1.43. The highest BCUT2D eigenvalue weighted by Gasteiger charge is 2.25. The van der Waals surface area contributed by atoms with Gasteiger partial charge in [-0.15, -0.1) is 11.3 Å². The van der Waals surface area contributed by atoms with Gasteiger partial charge >= 0.3 is 0 Å². The van der Waals surface area contributed by atoms with Gasteiger partial charge in [0.05, 0.1) is 0 Å². The van der Waals surface area contributed by atoms with Gasteiger partial charge in [0.15, 0.2) is 0 Å². The zero-order valence-electron chi connectivity index (χ0n) is 10.6. The molecule has 0 saturated heterocycles. The zero-order valence-corrected chi connectivity index (χ0v) is 11.5. The van der Waals surface area contributed by atoms with E-state index in [0.29, 0.717) is 12.5 Å². The summed E-state index contributed by atoms with van der Waals surface area (Å²) in [6.45, 7) is 0.342. The van der Waals surface area contributed by atoms with Gasteiger partial charge in [-0.2, -0.15) is 0 Å². The van der Waals surface area contributed by atoms with Crippen LogP contribution < -0.4 is 0 Å². The van der Waals surface area contributed by atoms with Gasteiger partial charge in [-0.05, 0) is 40.7 Å². The van der Waals surface area contributed by atoms with E-state index in [2.05, 4.69) is 29.6 Å². The predicted octanol–water partition coefficient (Wildman–Crippen LogP) is 4.24. The van der Waals surface area contributed by atoms with Crippen molar-refractivity contribution in [1.82, 2.24) is 0 Å². The van der Waals surface area contributed by atoms with Crippen molar-refractivity contribution in [3.8, 4) is 0 Å². The minimum Gasteiger partial charge on any atom is -0.396 e. The van der Waals surface area contributed by atoms with E-state index in [1.54, 1.807) is 0 Å². The van der Waals surface area contributed by atoms with Gasteiger partial charge < -0.3 is 5.11 Å². The average Bonchev–Trinajstić information content (AvgIpc) is 3.06. The van der Waals surface area contributed by atoms with Crippen LogP contribution in [0.15, 0.2) is 29.6 Å². The Hall–Kier alpha value is -0.860. The third-order valence-corrected chi connectivity index (χ3v) is 5.36. The standard InChI is InChI=1S/C16H20OS/c17-10-13(12-5-1-2-6-12)9-14-11-18-16-8-4-3-7-15(14)16/h3-4,7-8,11-13,17H,1-2,5-6,9-10H2. The van der Waals surface area contributed by atoms with Gasteiger partial charge in [0.25, 0.3) is 0 Å². The normalized spacial score (nSPS) is 18.5. The molecule has 1 atom stereocenters. The highest BCUT2D eigenvalue weighted by Crippen LogP contribution is 2.35. The first-order valence-electron chi connectivity index (χ1n) is 6.94. The minimum absolute atomic E-state index is 0.342. The van der Waals surface area contributed by atoms with Crippen LogP contribution in [0.4, 0.5) is 0 Å². The predicted molar refractivity (Wildman–Crippen MR) is 78.1 cm³/mol. The van der Waals surface area contributed by atoms with Crippen LogP contribution in [0, 0.1) is 11.8 Å². The maximum absolute atomic E-state index is 9.66. The molecule has 1 aromatic heterocycles. The van der Waals surface area contributed by atoms with E-state index in [1.807, 2.05) is 11.3 Å². The molecule has 1 nitrogen and oxygen atoms in total. The Bertz CT molecular complexity index is 511. The fourth-order valence-corrected chi connectivity index (χ4v) is 4.26. The lowest BCUT2D eigenvalue weighted by Crippen LogP contribution is -2.18. The van der Waals surface area contributed by atoms with E-state index >= 15 is 0 Å². The van der Waals surface area contributed by atoms with E-state index < -0.39 is 0 Å². The van der Waals surface area contributed by atoms with Gasteiger partial charge in [-0.25, -0.2) is 0 Å². The largest absolute Gasteiger partial charge is 0.396 e. The summed E-state index contributed by atoms with van der Waals surface area (Å²) in [7, 11) is 0. The first-order valence-corrected chi connectivity index (χ1v) is 7.82. The molecule has 1 fully saturated rings. The maximum Gasteiger partial charge on any atom is 0.0465 e. The minimum atomic E-state index is 0.342. The second kappa shape index (κ2) is 5.41. The lowest BCUT2D eigenvalue weighted by Gasteiger charge is -2.20. The smallest absolute Gasteiger partial charge is 0.0465 e. The molecule has 0 aliphatic heterocycles. The van der Waals surface area contributed by atoms with E-state index in [-0.39, 0.29) is 0 Å². The number of benzene rings is 1. The average molecular weight is 260 g/mol. The van der Waals surface area contributed by atoms with E-state index in [1.165, 1.54) is 41.3 Å². The van der Waals surface area contributed by atoms with Crippen LogP contribution in [-0.2, 0) is 6.42 Å². The van der Waals surface area contributed by atoms with Crippen LogP contribution in [0.3, 0.4) is 0 Å². The molecule has 1 N–H and O–H groups in total. The Morgan fingerprint density at radius 2 is 2.00 bits per heavy atom. The number of aliphatic hydroxyl groups excluding tert-OH is 1. The maximum atomic E-state index is 9.66. The van der Waals surface area contributed by atoms with Gasteiger partial charge in [-0.3, -0.25) is 0 Å². The molecule has 1 heterocycles. The molecule has 2 heteroatoms. The van der Waals surface area contributed by atoms with Crippen molar-refractivity contribution in [2.45, 2.75) is 32.1 Å². The Morgan fingerprint density at radius 1 is 1.22 bits per heavy atom. The molecule has 18 heavy (non-hydrogen) atoms. The van der Waals surface area contributed by atoms with Crippen molar-refractivity contribution in [2.75, 3.05) is 6.61 Å². The third-order valence-electron chi connectivity index (χ3n) is 4.34. The number of hydrogen-bond acceptors (Lipinski definition) is 2. The van der Waals surface area contributed by atoms with Crippen LogP contribution in [0.1, 0.15) is 31.2 Å². The van der Waals surface area contributed by atoms with Crippen LogP contribution in [-0.4, -0.2) is 11.7 Å². The highest BCUT2D eigenvalue weighted by molar-refractivity contribution is 7.17. The molecular formula is C16H20OS. The molecule has 2 aromatic rings. The molecule has 0 bridgehead atoms. The fraction of sp³-hybridized carbons (Fsp3) is 0.500. The van der Waals surface area contributed by atoms with Crippen LogP contribution in [0.25, 0.3) is 10.1 Å². The van der Waals surface area contributed by atoms with Gasteiger partial charge in [0.2, 0.25) is 0 Å². The van der Waals surface area contributed by atoms with Crippen molar-refractivity contribution in [2.24, 2.45) is 11.8 Å². The van der Waals surface area contributed by atoms with Crippen molar-refractivity contribution in [1.29, 1.82) is 0 Å². The van der Waals surface area contributed by atoms with E-state index in [9.17, 15) is 5.11 Å². The van der Waals surface area contributed by atoms with Gasteiger partial charge in [-0.1, -0.05) is 43.9 Å². The third kappa shape index (κ3) is 2.32. The van der Waals surface area contributed by atoms with Gasteiger partial charge in [0.1, 0.15) is 0 Å². The number of rotatable bonds is 4.